The second-order valence-corrected chi connectivity index (χ2v) is 4.81. The number of thiazole rings is 1. The number of ether oxygens (including phenoxy) is 1. The fraction of sp³-hybridized carbons (Fsp3) is 0.417. The molecule has 102 valence electrons. The van der Waals surface area contributed by atoms with Gasteiger partial charge in [-0.25, -0.2) is 9.97 Å². The maximum Gasteiger partial charge on any atom is 0.305 e. The molecule has 0 saturated carbocycles. The molecular weight excluding hydrogens is 264 g/mol. The summed E-state index contributed by atoms with van der Waals surface area (Å²) >= 11 is 1.55. The second-order valence-electron chi connectivity index (χ2n) is 3.95. The van der Waals surface area contributed by atoms with Crippen LogP contribution in [-0.4, -0.2) is 34.2 Å². The van der Waals surface area contributed by atoms with E-state index in [0.717, 1.165) is 23.9 Å². The Morgan fingerprint density at radius 1 is 1.58 bits per heavy atom. The van der Waals surface area contributed by atoms with Crippen LogP contribution in [0, 0.1) is 0 Å². The Kier molecular flexibility index (Phi) is 4.91. The number of rotatable bonds is 7. The summed E-state index contributed by atoms with van der Waals surface area (Å²) in [6.07, 6.45) is 6.45. The average Bonchev–Trinajstić information content (AvgIpc) is 3.07. The van der Waals surface area contributed by atoms with Crippen LogP contribution in [0.15, 0.2) is 24.1 Å². The van der Waals surface area contributed by atoms with E-state index in [-0.39, 0.29) is 5.97 Å². The van der Waals surface area contributed by atoms with E-state index in [1.165, 1.54) is 7.11 Å². The zero-order chi connectivity index (χ0) is 13.5. The van der Waals surface area contributed by atoms with Gasteiger partial charge in [0.25, 0.3) is 0 Å². The molecule has 0 aliphatic heterocycles. The third kappa shape index (κ3) is 4.36. The van der Waals surface area contributed by atoms with Crippen molar-refractivity contribution in [3.05, 3.63) is 29.8 Å². The maximum absolute atomic E-state index is 11.0. The van der Waals surface area contributed by atoms with Gasteiger partial charge in [0.2, 0.25) is 0 Å². The van der Waals surface area contributed by atoms with Crippen LogP contribution in [-0.2, 0) is 22.5 Å². The van der Waals surface area contributed by atoms with Gasteiger partial charge in [-0.2, -0.15) is 0 Å². The fourth-order valence-electron chi connectivity index (χ4n) is 1.55. The van der Waals surface area contributed by atoms with Gasteiger partial charge in [-0.3, -0.25) is 4.79 Å². The fourth-order valence-corrected chi connectivity index (χ4v) is 2.32. The first kappa shape index (κ1) is 13.5. The number of methoxy groups -OCH3 is 1. The Labute approximate surface area is 115 Å². The minimum Gasteiger partial charge on any atom is -0.469 e. The summed E-state index contributed by atoms with van der Waals surface area (Å²) in [5.41, 5.74) is 0.917. The molecule has 0 aliphatic carbocycles. The van der Waals surface area contributed by atoms with Crippen molar-refractivity contribution in [2.24, 2.45) is 0 Å². The molecule has 0 bridgehead atoms. The summed E-state index contributed by atoms with van der Waals surface area (Å²) < 4.78 is 6.60. The number of carbonyl (C=O) groups excluding carboxylic acids is 1. The molecule has 0 atom stereocenters. The van der Waals surface area contributed by atoms with Crippen LogP contribution >= 0.6 is 11.3 Å². The zero-order valence-electron chi connectivity index (χ0n) is 10.7. The summed E-state index contributed by atoms with van der Waals surface area (Å²) in [5, 5.41) is 6.08. The first-order valence-corrected chi connectivity index (χ1v) is 6.86. The first-order valence-electron chi connectivity index (χ1n) is 5.99. The SMILES string of the molecule is COC(=O)CCc1csc(NCCn2ccnc2)n1. The van der Waals surface area contributed by atoms with Crippen molar-refractivity contribution < 1.29 is 9.53 Å². The number of aryl methyl sites for hydroxylation is 1. The molecular formula is C12H16N4O2S. The number of esters is 1. The van der Waals surface area contributed by atoms with Crippen molar-refractivity contribution in [3.63, 3.8) is 0 Å². The van der Waals surface area contributed by atoms with Crippen LogP contribution in [0.3, 0.4) is 0 Å². The Bertz CT molecular complexity index is 510. The van der Waals surface area contributed by atoms with Crippen molar-refractivity contribution in [2.75, 3.05) is 19.0 Å². The van der Waals surface area contributed by atoms with E-state index in [4.69, 9.17) is 0 Å². The lowest BCUT2D eigenvalue weighted by atomic mass is 10.2. The van der Waals surface area contributed by atoms with E-state index in [1.807, 2.05) is 16.1 Å². The molecule has 0 fully saturated rings. The van der Waals surface area contributed by atoms with E-state index < -0.39 is 0 Å². The number of hydrogen-bond acceptors (Lipinski definition) is 6. The van der Waals surface area contributed by atoms with Crippen molar-refractivity contribution in [1.82, 2.24) is 14.5 Å². The number of carbonyl (C=O) groups is 1. The minimum absolute atomic E-state index is 0.206. The van der Waals surface area contributed by atoms with Gasteiger partial charge in [0.05, 0.1) is 25.6 Å². The van der Waals surface area contributed by atoms with Crippen LogP contribution in [0.25, 0.3) is 0 Å². The third-order valence-corrected chi connectivity index (χ3v) is 3.42. The summed E-state index contributed by atoms with van der Waals surface area (Å²) in [6, 6.07) is 0. The molecule has 6 nitrogen and oxygen atoms in total. The highest BCUT2D eigenvalue weighted by atomic mass is 32.1. The monoisotopic (exact) mass is 280 g/mol. The van der Waals surface area contributed by atoms with Crippen molar-refractivity contribution in [3.8, 4) is 0 Å². The number of nitrogens with zero attached hydrogens (tertiary/aromatic N) is 3. The van der Waals surface area contributed by atoms with Crippen molar-refractivity contribution >= 4 is 22.4 Å². The Morgan fingerprint density at radius 2 is 2.47 bits per heavy atom. The van der Waals surface area contributed by atoms with E-state index in [1.54, 1.807) is 23.9 Å². The molecule has 0 amide bonds. The highest BCUT2D eigenvalue weighted by Crippen LogP contribution is 2.16. The van der Waals surface area contributed by atoms with Crippen LogP contribution in [0.2, 0.25) is 0 Å². The summed E-state index contributed by atoms with van der Waals surface area (Å²) in [4.78, 5) is 19.4. The van der Waals surface area contributed by atoms with Crippen LogP contribution in [0.4, 0.5) is 5.13 Å². The van der Waals surface area contributed by atoms with Crippen molar-refractivity contribution in [1.29, 1.82) is 0 Å². The van der Waals surface area contributed by atoms with Gasteiger partial charge in [-0.05, 0) is 0 Å². The van der Waals surface area contributed by atoms with E-state index >= 15 is 0 Å². The van der Waals surface area contributed by atoms with Crippen molar-refractivity contribution in [2.45, 2.75) is 19.4 Å². The Morgan fingerprint density at radius 3 is 3.21 bits per heavy atom. The molecule has 2 aromatic rings. The van der Waals surface area contributed by atoms with Gasteiger partial charge >= 0.3 is 5.97 Å². The summed E-state index contributed by atoms with van der Waals surface area (Å²) in [6.45, 7) is 1.64. The smallest absolute Gasteiger partial charge is 0.305 e. The number of aromatic nitrogens is 3. The third-order valence-electron chi connectivity index (χ3n) is 2.57. The first-order chi connectivity index (χ1) is 9.28. The highest BCUT2D eigenvalue weighted by Gasteiger charge is 2.05. The number of nitrogens with one attached hydrogen (secondary N) is 1. The molecule has 7 heteroatoms. The van der Waals surface area contributed by atoms with Gasteiger partial charge < -0.3 is 14.6 Å². The highest BCUT2D eigenvalue weighted by molar-refractivity contribution is 7.13. The standard InChI is InChI=1S/C12H16N4O2S/c1-18-11(17)3-2-10-8-19-12(15-10)14-5-7-16-6-4-13-9-16/h4,6,8-9H,2-3,5,7H2,1H3,(H,14,15). The molecule has 0 aliphatic rings. The van der Waals surface area contributed by atoms with E-state index in [0.29, 0.717) is 12.8 Å². The number of imidazole rings is 1. The molecule has 2 rings (SSSR count). The van der Waals surface area contributed by atoms with E-state index in [2.05, 4.69) is 20.0 Å². The predicted octanol–water partition coefficient (Wildman–Crippen LogP) is 1.56. The zero-order valence-corrected chi connectivity index (χ0v) is 11.5. The topological polar surface area (TPSA) is 69.0 Å². The van der Waals surface area contributed by atoms with Gasteiger partial charge in [0.15, 0.2) is 5.13 Å². The predicted molar refractivity (Wildman–Crippen MR) is 73.2 cm³/mol. The lowest BCUT2D eigenvalue weighted by Crippen LogP contribution is -2.09. The minimum atomic E-state index is -0.206. The molecule has 0 spiro atoms. The average molecular weight is 280 g/mol. The van der Waals surface area contributed by atoms with Gasteiger partial charge in [-0.1, -0.05) is 0 Å². The second kappa shape index (κ2) is 6.89. The molecule has 2 heterocycles. The van der Waals surface area contributed by atoms with Gasteiger partial charge in [-0.15, -0.1) is 11.3 Å². The Balaban J connectivity index is 1.73. The van der Waals surface area contributed by atoms with Gasteiger partial charge in [0, 0.05) is 37.3 Å². The van der Waals surface area contributed by atoms with E-state index in [9.17, 15) is 4.79 Å². The van der Waals surface area contributed by atoms with Gasteiger partial charge in [0.1, 0.15) is 0 Å². The van der Waals surface area contributed by atoms with Crippen LogP contribution in [0.5, 0.6) is 0 Å². The molecule has 0 saturated heterocycles. The largest absolute Gasteiger partial charge is 0.469 e. The molecule has 0 aromatic carbocycles. The quantitative estimate of drug-likeness (QED) is 0.779. The Hall–Kier alpha value is -1.89. The molecule has 0 unspecified atom stereocenters. The molecule has 19 heavy (non-hydrogen) atoms. The molecule has 0 radical (unpaired) electrons. The lowest BCUT2D eigenvalue weighted by Gasteiger charge is -2.02. The summed E-state index contributed by atoms with van der Waals surface area (Å²) in [7, 11) is 1.40. The van der Waals surface area contributed by atoms with Crippen LogP contribution < -0.4 is 5.32 Å². The lowest BCUT2D eigenvalue weighted by molar-refractivity contribution is -0.140. The summed E-state index contributed by atoms with van der Waals surface area (Å²) in [5.74, 6) is -0.206. The van der Waals surface area contributed by atoms with Crippen LogP contribution in [0.1, 0.15) is 12.1 Å². The number of hydrogen-bond donors (Lipinski definition) is 1. The molecule has 2 aromatic heterocycles. The normalized spacial score (nSPS) is 10.4. The maximum atomic E-state index is 11.0. The number of anilines is 1. The molecule has 1 N–H and O–H groups in total.